The van der Waals surface area contributed by atoms with Crippen LogP contribution >= 0.6 is 11.3 Å². The lowest BCUT2D eigenvalue weighted by atomic mass is 10.1. The summed E-state index contributed by atoms with van der Waals surface area (Å²) in [6.07, 6.45) is 0. The van der Waals surface area contributed by atoms with Gasteiger partial charge in [0.05, 0.1) is 11.2 Å². The van der Waals surface area contributed by atoms with Crippen molar-refractivity contribution in [3.05, 3.63) is 40.5 Å². The Hall–Kier alpha value is -1.26. The van der Waals surface area contributed by atoms with Crippen LogP contribution in [0, 0.1) is 5.82 Å². The summed E-state index contributed by atoms with van der Waals surface area (Å²) in [4.78, 5) is 4.55. The lowest BCUT2D eigenvalue weighted by molar-refractivity contribution is 0.442. The van der Waals surface area contributed by atoms with Crippen molar-refractivity contribution in [1.82, 2.24) is 10.3 Å². The van der Waals surface area contributed by atoms with Crippen molar-refractivity contribution in [2.45, 2.75) is 19.4 Å². The number of rotatable bonds is 3. The van der Waals surface area contributed by atoms with Gasteiger partial charge in [0.15, 0.2) is 0 Å². The van der Waals surface area contributed by atoms with E-state index in [1.807, 2.05) is 18.5 Å². The van der Waals surface area contributed by atoms with Crippen molar-refractivity contribution in [2.24, 2.45) is 0 Å². The third-order valence-electron chi connectivity index (χ3n) is 2.78. The van der Waals surface area contributed by atoms with Gasteiger partial charge in [0.1, 0.15) is 10.8 Å². The molecule has 1 aromatic carbocycles. The van der Waals surface area contributed by atoms with Crippen LogP contribution in [0.4, 0.5) is 4.39 Å². The van der Waals surface area contributed by atoms with E-state index in [9.17, 15) is 4.39 Å². The van der Waals surface area contributed by atoms with Crippen LogP contribution in [0.15, 0.2) is 29.6 Å². The molecule has 0 unspecified atom stereocenters. The van der Waals surface area contributed by atoms with E-state index in [0.29, 0.717) is 0 Å². The largest absolute Gasteiger partial charge is 0.309 e. The summed E-state index contributed by atoms with van der Waals surface area (Å²) < 4.78 is 13.1. The molecule has 17 heavy (non-hydrogen) atoms. The minimum absolute atomic E-state index is 0.157. The van der Waals surface area contributed by atoms with Crippen LogP contribution in [0.1, 0.15) is 18.9 Å². The molecule has 0 aliphatic rings. The Morgan fingerprint density at radius 2 is 2.12 bits per heavy atom. The van der Waals surface area contributed by atoms with Gasteiger partial charge in [-0.15, -0.1) is 11.3 Å². The summed E-state index contributed by atoms with van der Waals surface area (Å²) in [6.45, 7) is 4.14. The Morgan fingerprint density at radius 1 is 1.35 bits per heavy atom. The van der Waals surface area contributed by atoms with Crippen molar-refractivity contribution in [1.29, 1.82) is 0 Å². The zero-order valence-corrected chi connectivity index (χ0v) is 10.9. The van der Waals surface area contributed by atoms with E-state index in [1.165, 1.54) is 12.1 Å². The molecule has 0 radical (unpaired) electrons. The maximum Gasteiger partial charge on any atom is 0.123 e. The van der Waals surface area contributed by atoms with E-state index >= 15 is 0 Å². The van der Waals surface area contributed by atoms with Gasteiger partial charge in [0.25, 0.3) is 0 Å². The predicted octanol–water partition coefficient (Wildman–Crippen LogP) is 3.40. The number of aromatic nitrogens is 1. The molecule has 0 aliphatic carbocycles. The molecule has 1 N–H and O–H groups in total. The Labute approximate surface area is 105 Å². The summed E-state index contributed by atoms with van der Waals surface area (Å²) in [6, 6.07) is 6.51. The molecule has 90 valence electrons. The van der Waals surface area contributed by atoms with Gasteiger partial charge in [-0.05, 0) is 33.0 Å². The van der Waals surface area contributed by atoms with Gasteiger partial charge in [0.2, 0.25) is 0 Å². The van der Waals surface area contributed by atoms with Crippen LogP contribution in [-0.2, 0) is 5.54 Å². The summed E-state index contributed by atoms with van der Waals surface area (Å²) in [5.74, 6) is -0.232. The minimum atomic E-state index is -0.232. The first-order valence-corrected chi connectivity index (χ1v) is 6.32. The molecule has 4 heteroatoms. The maximum absolute atomic E-state index is 13.1. The number of nitrogens with one attached hydrogen (secondary N) is 1. The van der Waals surface area contributed by atoms with Crippen LogP contribution in [0.5, 0.6) is 0 Å². The summed E-state index contributed by atoms with van der Waals surface area (Å²) in [5, 5.41) is 6.17. The summed E-state index contributed by atoms with van der Waals surface area (Å²) in [5.41, 5.74) is 1.49. The first-order chi connectivity index (χ1) is 8.03. The second-order valence-electron chi connectivity index (χ2n) is 4.42. The van der Waals surface area contributed by atoms with Gasteiger partial charge < -0.3 is 5.32 Å². The molecule has 0 fully saturated rings. The molecule has 2 rings (SSSR count). The quantitative estimate of drug-likeness (QED) is 0.903. The van der Waals surface area contributed by atoms with E-state index in [4.69, 9.17) is 0 Å². The summed E-state index contributed by atoms with van der Waals surface area (Å²) >= 11 is 1.59. The molecule has 0 saturated heterocycles. The highest BCUT2D eigenvalue weighted by atomic mass is 32.1. The monoisotopic (exact) mass is 250 g/mol. The zero-order chi connectivity index (χ0) is 12.5. The second-order valence-corrected chi connectivity index (χ2v) is 5.28. The molecule has 1 heterocycles. The van der Waals surface area contributed by atoms with Gasteiger partial charge >= 0.3 is 0 Å². The van der Waals surface area contributed by atoms with Crippen LogP contribution in [0.25, 0.3) is 11.3 Å². The number of hydrogen-bond acceptors (Lipinski definition) is 3. The highest BCUT2D eigenvalue weighted by Gasteiger charge is 2.21. The molecule has 0 amide bonds. The molecule has 0 atom stereocenters. The number of nitrogens with zero attached hydrogens (tertiary/aromatic N) is 1. The summed E-state index contributed by atoms with van der Waals surface area (Å²) in [7, 11) is 1.91. The smallest absolute Gasteiger partial charge is 0.123 e. The fourth-order valence-corrected chi connectivity index (χ4v) is 2.41. The van der Waals surface area contributed by atoms with E-state index in [-0.39, 0.29) is 11.4 Å². The van der Waals surface area contributed by atoms with Crippen molar-refractivity contribution in [3.8, 4) is 11.3 Å². The zero-order valence-electron chi connectivity index (χ0n) is 10.1. The number of halogens is 1. The van der Waals surface area contributed by atoms with Crippen LogP contribution < -0.4 is 5.32 Å². The van der Waals surface area contributed by atoms with Crippen LogP contribution in [0.3, 0.4) is 0 Å². The molecule has 1 aromatic heterocycles. The third kappa shape index (κ3) is 2.53. The maximum atomic E-state index is 13.1. The molecule has 2 aromatic rings. The highest BCUT2D eigenvalue weighted by molar-refractivity contribution is 7.10. The van der Waals surface area contributed by atoms with Gasteiger partial charge in [-0.2, -0.15) is 0 Å². The van der Waals surface area contributed by atoms with Gasteiger partial charge in [0, 0.05) is 10.9 Å². The van der Waals surface area contributed by atoms with Gasteiger partial charge in [-0.1, -0.05) is 12.1 Å². The lowest BCUT2D eigenvalue weighted by Crippen LogP contribution is -2.32. The van der Waals surface area contributed by atoms with Crippen molar-refractivity contribution < 1.29 is 4.39 Å². The number of thiazole rings is 1. The van der Waals surface area contributed by atoms with Crippen molar-refractivity contribution in [2.75, 3.05) is 7.05 Å². The standard InChI is InChI=1S/C13H15FN2S/c1-13(2,15-3)12-16-11(8-17-12)9-5-4-6-10(14)7-9/h4-8,15H,1-3H3. The molecular weight excluding hydrogens is 235 g/mol. The lowest BCUT2D eigenvalue weighted by Gasteiger charge is -2.20. The molecule has 0 spiro atoms. The van der Waals surface area contributed by atoms with E-state index in [1.54, 1.807) is 17.4 Å². The minimum Gasteiger partial charge on any atom is -0.309 e. The predicted molar refractivity (Wildman–Crippen MR) is 69.6 cm³/mol. The Kier molecular flexibility index (Phi) is 3.26. The first-order valence-electron chi connectivity index (χ1n) is 5.44. The van der Waals surface area contributed by atoms with E-state index in [2.05, 4.69) is 24.1 Å². The number of hydrogen-bond donors (Lipinski definition) is 1. The highest BCUT2D eigenvalue weighted by Crippen LogP contribution is 2.28. The molecule has 0 aliphatic heterocycles. The Morgan fingerprint density at radius 3 is 2.76 bits per heavy atom. The molecule has 0 saturated carbocycles. The SMILES string of the molecule is CNC(C)(C)c1nc(-c2cccc(F)c2)cs1. The van der Waals surface area contributed by atoms with E-state index in [0.717, 1.165) is 16.3 Å². The van der Waals surface area contributed by atoms with Crippen molar-refractivity contribution >= 4 is 11.3 Å². The fourth-order valence-electron chi connectivity index (χ4n) is 1.45. The normalized spacial score (nSPS) is 11.8. The topological polar surface area (TPSA) is 24.9 Å². The number of benzene rings is 1. The first kappa shape index (κ1) is 12.2. The molecular formula is C13H15FN2S. The third-order valence-corrected chi connectivity index (χ3v) is 3.95. The fraction of sp³-hybridized carbons (Fsp3) is 0.308. The molecule has 2 nitrogen and oxygen atoms in total. The van der Waals surface area contributed by atoms with Gasteiger partial charge in [-0.25, -0.2) is 9.37 Å². The molecule has 0 bridgehead atoms. The van der Waals surface area contributed by atoms with Crippen LogP contribution in [-0.4, -0.2) is 12.0 Å². The average Bonchev–Trinajstić information content (AvgIpc) is 2.79. The van der Waals surface area contributed by atoms with Gasteiger partial charge in [-0.3, -0.25) is 0 Å². The van der Waals surface area contributed by atoms with E-state index < -0.39 is 0 Å². The Bertz CT molecular complexity index is 520. The van der Waals surface area contributed by atoms with Crippen LogP contribution in [0.2, 0.25) is 0 Å². The Balaban J connectivity index is 2.36. The van der Waals surface area contributed by atoms with Crippen molar-refractivity contribution in [3.63, 3.8) is 0 Å². The average molecular weight is 250 g/mol. The second kappa shape index (κ2) is 4.55.